The minimum atomic E-state index is -0.584. The van der Waals surface area contributed by atoms with Crippen LogP contribution in [0.4, 0.5) is 5.69 Å². The third kappa shape index (κ3) is 5.10. The lowest BCUT2D eigenvalue weighted by atomic mass is 10.1. The van der Waals surface area contributed by atoms with Gasteiger partial charge in [0.25, 0.3) is 0 Å². The van der Waals surface area contributed by atoms with Crippen molar-refractivity contribution in [1.82, 2.24) is 0 Å². The molecule has 2 N–H and O–H groups in total. The number of esters is 2. The van der Waals surface area contributed by atoms with Crippen LogP contribution in [0.5, 0.6) is 0 Å². The molecule has 0 fully saturated rings. The van der Waals surface area contributed by atoms with E-state index in [1.165, 1.54) is 11.8 Å². The molecule has 0 aliphatic heterocycles. The van der Waals surface area contributed by atoms with E-state index in [4.69, 9.17) is 9.94 Å². The zero-order valence-corrected chi connectivity index (χ0v) is 12.2. The molecular weight excluding hydrogens is 282 g/mol. The molecule has 0 radical (unpaired) electrons. The smallest absolute Gasteiger partial charge is 0.344 e. The van der Waals surface area contributed by atoms with Gasteiger partial charge in [-0.2, -0.15) is 0 Å². The molecule has 0 spiro atoms. The van der Waals surface area contributed by atoms with Crippen molar-refractivity contribution in [2.45, 2.75) is 18.2 Å². The maximum Gasteiger partial charge on any atom is 0.344 e. The maximum absolute atomic E-state index is 11.6. The number of hydrogen-bond donors (Lipinski definition) is 2. The zero-order valence-electron chi connectivity index (χ0n) is 11.3. The number of ether oxygens (including phenoxy) is 2. The first kappa shape index (κ1) is 16.3. The van der Waals surface area contributed by atoms with Crippen LogP contribution in [0.25, 0.3) is 0 Å². The normalized spacial score (nSPS) is 9.95. The summed E-state index contributed by atoms with van der Waals surface area (Å²) in [4.78, 5) is 23.6. The van der Waals surface area contributed by atoms with E-state index in [0.29, 0.717) is 11.3 Å². The fourth-order valence-corrected chi connectivity index (χ4v) is 1.93. The third-order valence-corrected chi connectivity index (χ3v) is 3.15. The molecule has 0 saturated heterocycles. The van der Waals surface area contributed by atoms with Crippen molar-refractivity contribution in [2.75, 3.05) is 24.9 Å². The van der Waals surface area contributed by atoms with E-state index in [1.54, 1.807) is 19.1 Å². The van der Waals surface area contributed by atoms with E-state index < -0.39 is 18.5 Å². The predicted molar refractivity (Wildman–Crippen MR) is 74.9 cm³/mol. The average Bonchev–Trinajstić information content (AvgIpc) is 2.46. The highest BCUT2D eigenvalue weighted by Crippen LogP contribution is 2.23. The third-order valence-electron chi connectivity index (χ3n) is 2.43. The lowest BCUT2D eigenvalue weighted by molar-refractivity contribution is -0.158. The Morgan fingerprint density at radius 2 is 2.05 bits per heavy atom. The molecule has 1 rings (SSSR count). The molecule has 0 amide bonds. The quantitative estimate of drug-likeness (QED) is 0.451. The Kier molecular flexibility index (Phi) is 6.89. The molecule has 7 heteroatoms. The first-order valence-electron chi connectivity index (χ1n) is 5.99. The van der Waals surface area contributed by atoms with Gasteiger partial charge in [-0.3, -0.25) is 15.5 Å². The number of nitrogens with one attached hydrogen (secondary N) is 1. The van der Waals surface area contributed by atoms with Crippen molar-refractivity contribution in [3.05, 3.63) is 23.8 Å². The molecule has 20 heavy (non-hydrogen) atoms. The fourth-order valence-electron chi connectivity index (χ4n) is 1.49. The first-order chi connectivity index (χ1) is 9.60. The van der Waals surface area contributed by atoms with Crippen molar-refractivity contribution in [3.63, 3.8) is 0 Å². The second-order valence-corrected chi connectivity index (χ2v) is 4.66. The summed E-state index contributed by atoms with van der Waals surface area (Å²) in [5.74, 6) is -1.15. The molecule has 0 bridgehead atoms. The monoisotopic (exact) mass is 299 g/mol. The molecule has 1 aromatic rings. The Hall–Kier alpha value is -1.73. The molecule has 6 nitrogen and oxygen atoms in total. The van der Waals surface area contributed by atoms with E-state index in [0.717, 1.165) is 4.90 Å². The van der Waals surface area contributed by atoms with Crippen LogP contribution < -0.4 is 5.48 Å². The van der Waals surface area contributed by atoms with Gasteiger partial charge in [0.15, 0.2) is 6.61 Å². The van der Waals surface area contributed by atoms with Gasteiger partial charge in [0.05, 0.1) is 18.7 Å². The summed E-state index contributed by atoms with van der Waals surface area (Å²) in [5, 5.41) is 9.05. The van der Waals surface area contributed by atoms with Crippen LogP contribution >= 0.6 is 11.8 Å². The standard InChI is InChI=1S/C13H17NO5S/c1-3-18-13(16)8-19-12(15)6-9-4-5-10(20-2)7-11(9)14-17/h4-5,7,14,17H,3,6,8H2,1-2H3. The van der Waals surface area contributed by atoms with E-state index >= 15 is 0 Å². The second-order valence-electron chi connectivity index (χ2n) is 3.78. The van der Waals surface area contributed by atoms with Crippen LogP contribution in [-0.4, -0.2) is 36.6 Å². The second kappa shape index (κ2) is 8.44. The highest BCUT2D eigenvalue weighted by molar-refractivity contribution is 7.98. The predicted octanol–water partition coefficient (Wildman–Crippen LogP) is 1.86. The molecule has 1 aromatic carbocycles. The minimum Gasteiger partial charge on any atom is -0.463 e. The fraction of sp³-hybridized carbons (Fsp3) is 0.385. The lowest BCUT2D eigenvalue weighted by Crippen LogP contribution is -2.18. The van der Waals surface area contributed by atoms with Crippen LogP contribution in [0, 0.1) is 0 Å². The summed E-state index contributed by atoms with van der Waals surface area (Å²) in [7, 11) is 0. The number of benzene rings is 1. The molecule has 0 unspecified atom stereocenters. The Bertz CT molecular complexity index is 478. The number of hydrogen-bond acceptors (Lipinski definition) is 7. The van der Waals surface area contributed by atoms with E-state index in [-0.39, 0.29) is 13.0 Å². The summed E-state index contributed by atoms with van der Waals surface area (Å²) in [6.45, 7) is 1.51. The van der Waals surface area contributed by atoms with Gasteiger partial charge in [-0.25, -0.2) is 4.79 Å². The summed E-state index contributed by atoms with van der Waals surface area (Å²) >= 11 is 1.52. The molecule has 0 aliphatic rings. The molecule has 110 valence electrons. The van der Waals surface area contributed by atoms with Crippen molar-refractivity contribution >= 4 is 29.4 Å². The largest absolute Gasteiger partial charge is 0.463 e. The molecule has 0 atom stereocenters. The number of rotatable bonds is 7. The average molecular weight is 299 g/mol. The summed E-state index contributed by atoms with van der Waals surface area (Å²) in [6.07, 6.45) is 1.86. The Morgan fingerprint density at radius 1 is 1.30 bits per heavy atom. The Morgan fingerprint density at radius 3 is 2.65 bits per heavy atom. The van der Waals surface area contributed by atoms with Crippen LogP contribution in [0.1, 0.15) is 12.5 Å². The Balaban J connectivity index is 2.59. The topological polar surface area (TPSA) is 84.9 Å². The summed E-state index contributed by atoms with van der Waals surface area (Å²) in [6, 6.07) is 5.27. The number of carbonyl (C=O) groups excluding carboxylic acids is 2. The Labute approximate surface area is 121 Å². The molecule has 0 saturated carbocycles. The van der Waals surface area contributed by atoms with Crippen LogP contribution in [0.2, 0.25) is 0 Å². The van der Waals surface area contributed by atoms with Crippen molar-refractivity contribution in [1.29, 1.82) is 0 Å². The van der Waals surface area contributed by atoms with Crippen molar-refractivity contribution < 1.29 is 24.3 Å². The van der Waals surface area contributed by atoms with Gasteiger partial charge in [0.1, 0.15) is 0 Å². The van der Waals surface area contributed by atoms with Crippen molar-refractivity contribution in [3.8, 4) is 0 Å². The van der Waals surface area contributed by atoms with Gasteiger partial charge in [-0.15, -0.1) is 11.8 Å². The SMILES string of the molecule is CCOC(=O)COC(=O)Cc1ccc(SC)cc1NO. The van der Waals surface area contributed by atoms with Gasteiger partial charge in [0, 0.05) is 4.90 Å². The summed E-state index contributed by atoms with van der Waals surface area (Å²) < 4.78 is 9.43. The molecular formula is C13H17NO5S. The minimum absolute atomic E-state index is 0.0447. The van der Waals surface area contributed by atoms with Crippen molar-refractivity contribution in [2.24, 2.45) is 0 Å². The van der Waals surface area contributed by atoms with Gasteiger partial charge in [-0.05, 0) is 30.9 Å². The number of anilines is 1. The number of thioether (sulfide) groups is 1. The molecule has 0 aliphatic carbocycles. The van der Waals surface area contributed by atoms with Crippen LogP contribution in [-0.2, 0) is 25.5 Å². The first-order valence-corrected chi connectivity index (χ1v) is 7.21. The molecule has 0 aromatic heterocycles. The van der Waals surface area contributed by atoms with Gasteiger partial charge in [-0.1, -0.05) is 6.07 Å². The van der Waals surface area contributed by atoms with E-state index in [2.05, 4.69) is 4.74 Å². The van der Waals surface area contributed by atoms with Crippen LogP contribution in [0.15, 0.2) is 23.1 Å². The highest BCUT2D eigenvalue weighted by atomic mass is 32.2. The maximum atomic E-state index is 11.6. The van der Waals surface area contributed by atoms with Gasteiger partial charge < -0.3 is 9.47 Å². The van der Waals surface area contributed by atoms with E-state index in [1.807, 2.05) is 17.8 Å². The molecule has 0 heterocycles. The van der Waals surface area contributed by atoms with Gasteiger partial charge in [0.2, 0.25) is 0 Å². The van der Waals surface area contributed by atoms with E-state index in [9.17, 15) is 9.59 Å². The summed E-state index contributed by atoms with van der Waals surface area (Å²) in [5.41, 5.74) is 3.07. The highest BCUT2D eigenvalue weighted by Gasteiger charge is 2.12. The van der Waals surface area contributed by atoms with Crippen LogP contribution in [0.3, 0.4) is 0 Å². The number of carbonyl (C=O) groups is 2. The lowest BCUT2D eigenvalue weighted by Gasteiger charge is -2.09. The zero-order chi connectivity index (χ0) is 15.0. The van der Waals surface area contributed by atoms with Gasteiger partial charge >= 0.3 is 11.9 Å².